The summed E-state index contributed by atoms with van der Waals surface area (Å²) >= 11 is 0. The van der Waals surface area contributed by atoms with Crippen LogP contribution < -0.4 is 10.2 Å². The molecule has 0 atom stereocenters. The number of aryl methyl sites for hydroxylation is 2. The van der Waals surface area contributed by atoms with Gasteiger partial charge in [0.1, 0.15) is 11.6 Å². The average molecular weight is 314 g/mol. The minimum atomic E-state index is 0.183. The molecule has 1 aromatic heterocycles. The fourth-order valence-corrected chi connectivity index (χ4v) is 4.02. The number of carbonyl (C=O) groups excluding carboxylic acids is 1. The molecule has 2 heterocycles. The molecule has 1 N–H and O–H groups in total. The predicted molar refractivity (Wildman–Crippen MR) is 89.5 cm³/mol. The van der Waals surface area contributed by atoms with Crippen LogP contribution in [-0.2, 0) is 17.6 Å². The van der Waals surface area contributed by atoms with E-state index >= 15 is 0 Å². The predicted octanol–water partition coefficient (Wildman–Crippen LogP) is 2.16. The topological polar surface area (TPSA) is 58.1 Å². The SMILES string of the molecule is Cc1nc2c(c(N3CCC(C(=O)NC4CCC4)CC3)n1)CCC2. The maximum atomic E-state index is 12.3. The van der Waals surface area contributed by atoms with E-state index in [-0.39, 0.29) is 11.8 Å². The molecule has 2 aliphatic carbocycles. The number of nitrogens with zero attached hydrogens (tertiary/aromatic N) is 3. The van der Waals surface area contributed by atoms with Crippen LogP contribution in [0.3, 0.4) is 0 Å². The third-order valence-corrected chi connectivity index (χ3v) is 5.64. The summed E-state index contributed by atoms with van der Waals surface area (Å²) in [5, 5.41) is 3.21. The highest BCUT2D eigenvalue weighted by molar-refractivity contribution is 5.79. The van der Waals surface area contributed by atoms with Crippen molar-refractivity contribution in [3.05, 3.63) is 17.1 Å². The van der Waals surface area contributed by atoms with Crippen LogP contribution in [0, 0.1) is 12.8 Å². The molecule has 4 rings (SSSR count). The number of piperidine rings is 1. The molecular weight excluding hydrogens is 288 g/mol. The van der Waals surface area contributed by atoms with E-state index in [1.807, 2.05) is 6.92 Å². The van der Waals surface area contributed by atoms with E-state index in [0.717, 1.165) is 63.3 Å². The smallest absolute Gasteiger partial charge is 0.223 e. The molecule has 1 aromatic rings. The van der Waals surface area contributed by atoms with Crippen LogP contribution in [0.4, 0.5) is 5.82 Å². The quantitative estimate of drug-likeness (QED) is 0.929. The standard InChI is InChI=1S/C18H26N4O/c1-12-19-16-7-3-6-15(16)17(20-12)22-10-8-13(9-11-22)18(23)21-14-4-2-5-14/h13-14H,2-11H2,1H3,(H,21,23). The van der Waals surface area contributed by atoms with Crippen molar-refractivity contribution in [2.45, 2.75) is 64.3 Å². The van der Waals surface area contributed by atoms with E-state index < -0.39 is 0 Å². The third kappa shape index (κ3) is 2.93. The number of anilines is 1. The van der Waals surface area contributed by atoms with Crippen molar-refractivity contribution in [2.75, 3.05) is 18.0 Å². The molecule has 0 spiro atoms. The van der Waals surface area contributed by atoms with Gasteiger partial charge in [0.25, 0.3) is 0 Å². The Balaban J connectivity index is 1.41. The molecular formula is C18H26N4O. The largest absolute Gasteiger partial charge is 0.356 e. The van der Waals surface area contributed by atoms with Gasteiger partial charge in [-0.05, 0) is 58.3 Å². The van der Waals surface area contributed by atoms with Gasteiger partial charge in [-0.3, -0.25) is 4.79 Å². The van der Waals surface area contributed by atoms with Gasteiger partial charge < -0.3 is 10.2 Å². The molecule has 0 aromatic carbocycles. The van der Waals surface area contributed by atoms with Crippen molar-refractivity contribution in [3.8, 4) is 0 Å². The van der Waals surface area contributed by atoms with E-state index in [9.17, 15) is 4.79 Å². The van der Waals surface area contributed by atoms with E-state index in [1.165, 1.54) is 24.1 Å². The lowest BCUT2D eigenvalue weighted by Crippen LogP contribution is -2.46. The first-order valence-electron chi connectivity index (χ1n) is 9.12. The molecule has 5 heteroatoms. The first-order chi connectivity index (χ1) is 11.2. The summed E-state index contributed by atoms with van der Waals surface area (Å²) in [6.45, 7) is 3.86. The summed E-state index contributed by atoms with van der Waals surface area (Å²) < 4.78 is 0. The molecule has 1 amide bonds. The first-order valence-corrected chi connectivity index (χ1v) is 9.12. The minimum absolute atomic E-state index is 0.183. The Labute approximate surface area is 137 Å². The normalized spacial score (nSPS) is 21.9. The second kappa shape index (κ2) is 6.10. The Bertz CT molecular complexity index is 603. The second-order valence-corrected chi connectivity index (χ2v) is 7.27. The molecule has 124 valence electrons. The fourth-order valence-electron chi connectivity index (χ4n) is 4.02. The molecule has 23 heavy (non-hydrogen) atoms. The number of aromatic nitrogens is 2. The molecule has 1 aliphatic heterocycles. The second-order valence-electron chi connectivity index (χ2n) is 7.27. The van der Waals surface area contributed by atoms with Gasteiger partial charge in [-0.1, -0.05) is 0 Å². The van der Waals surface area contributed by atoms with Crippen LogP contribution >= 0.6 is 0 Å². The van der Waals surface area contributed by atoms with Crippen molar-refractivity contribution < 1.29 is 4.79 Å². The highest BCUT2D eigenvalue weighted by atomic mass is 16.2. The van der Waals surface area contributed by atoms with Crippen LogP contribution in [0.15, 0.2) is 0 Å². The maximum Gasteiger partial charge on any atom is 0.223 e. The summed E-state index contributed by atoms with van der Waals surface area (Å²) in [7, 11) is 0. The zero-order chi connectivity index (χ0) is 15.8. The zero-order valence-electron chi connectivity index (χ0n) is 14.0. The number of hydrogen-bond acceptors (Lipinski definition) is 4. The van der Waals surface area contributed by atoms with Crippen molar-refractivity contribution in [1.82, 2.24) is 15.3 Å². The number of carbonyl (C=O) groups is 1. The number of nitrogens with one attached hydrogen (secondary N) is 1. The first kappa shape index (κ1) is 14.9. The van der Waals surface area contributed by atoms with Gasteiger partial charge in [0.05, 0.1) is 0 Å². The van der Waals surface area contributed by atoms with E-state index in [4.69, 9.17) is 4.98 Å². The lowest BCUT2D eigenvalue weighted by atomic mass is 9.90. The van der Waals surface area contributed by atoms with E-state index in [1.54, 1.807) is 0 Å². The Hall–Kier alpha value is -1.65. The van der Waals surface area contributed by atoms with Crippen LogP contribution in [0.1, 0.15) is 55.6 Å². The van der Waals surface area contributed by atoms with E-state index in [2.05, 4.69) is 15.2 Å². The van der Waals surface area contributed by atoms with Crippen LogP contribution in [-0.4, -0.2) is 35.0 Å². The number of hydrogen-bond donors (Lipinski definition) is 1. The van der Waals surface area contributed by atoms with Gasteiger partial charge in [-0.15, -0.1) is 0 Å². The number of amides is 1. The Kier molecular flexibility index (Phi) is 3.95. The van der Waals surface area contributed by atoms with Crippen molar-refractivity contribution >= 4 is 11.7 Å². The van der Waals surface area contributed by atoms with Gasteiger partial charge in [0.15, 0.2) is 0 Å². The summed E-state index contributed by atoms with van der Waals surface area (Å²) in [6, 6.07) is 0.452. The summed E-state index contributed by atoms with van der Waals surface area (Å²) in [5.41, 5.74) is 2.60. The minimum Gasteiger partial charge on any atom is -0.356 e. The van der Waals surface area contributed by atoms with Gasteiger partial charge in [-0.2, -0.15) is 0 Å². The molecule has 0 radical (unpaired) electrons. The Morgan fingerprint density at radius 3 is 2.57 bits per heavy atom. The van der Waals surface area contributed by atoms with Gasteiger partial charge >= 0.3 is 0 Å². The zero-order valence-corrected chi connectivity index (χ0v) is 14.0. The summed E-state index contributed by atoms with van der Waals surface area (Å²) in [5.74, 6) is 2.48. The lowest BCUT2D eigenvalue weighted by Gasteiger charge is -2.35. The highest BCUT2D eigenvalue weighted by Crippen LogP contribution is 2.31. The van der Waals surface area contributed by atoms with Crippen LogP contribution in [0.25, 0.3) is 0 Å². The maximum absolute atomic E-state index is 12.3. The van der Waals surface area contributed by atoms with Crippen molar-refractivity contribution in [2.24, 2.45) is 5.92 Å². The highest BCUT2D eigenvalue weighted by Gasteiger charge is 2.30. The molecule has 1 saturated carbocycles. The van der Waals surface area contributed by atoms with Crippen molar-refractivity contribution in [1.29, 1.82) is 0 Å². The van der Waals surface area contributed by atoms with Gasteiger partial charge in [0.2, 0.25) is 5.91 Å². The van der Waals surface area contributed by atoms with Gasteiger partial charge in [-0.25, -0.2) is 9.97 Å². The summed E-state index contributed by atoms with van der Waals surface area (Å²) in [6.07, 6.45) is 8.86. The van der Waals surface area contributed by atoms with Crippen LogP contribution in [0.5, 0.6) is 0 Å². The summed E-state index contributed by atoms with van der Waals surface area (Å²) in [4.78, 5) is 24.0. The average Bonchev–Trinajstić information content (AvgIpc) is 2.98. The Morgan fingerprint density at radius 2 is 1.87 bits per heavy atom. The fraction of sp³-hybridized carbons (Fsp3) is 0.722. The Morgan fingerprint density at radius 1 is 1.09 bits per heavy atom. The lowest BCUT2D eigenvalue weighted by molar-refractivity contribution is -0.126. The van der Waals surface area contributed by atoms with E-state index in [0.29, 0.717) is 6.04 Å². The third-order valence-electron chi connectivity index (χ3n) is 5.64. The van der Waals surface area contributed by atoms with Gasteiger partial charge in [0, 0.05) is 36.3 Å². The number of rotatable bonds is 3. The molecule has 2 fully saturated rings. The van der Waals surface area contributed by atoms with Crippen LogP contribution in [0.2, 0.25) is 0 Å². The molecule has 0 bridgehead atoms. The number of fused-ring (bicyclic) bond motifs is 1. The molecule has 3 aliphatic rings. The molecule has 5 nitrogen and oxygen atoms in total. The molecule has 0 unspecified atom stereocenters. The molecule has 1 saturated heterocycles. The monoisotopic (exact) mass is 314 g/mol. The van der Waals surface area contributed by atoms with Crippen molar-refractivity contribution in [3.63, 3.8) is 0 Å².